The van der Waals surface area contributed by atoms with Crippen molar-refractivity contribution in [1.29, 1.82) is 0 Å². The number of hydrogen-bond acceptors (Lipinski definition) is 3. The maximum Gasteiger partial charge on any atom is 0.220 e. The molecule has 0 heterocycles. The lowest BCUT2D eigenvalue weighted by Gasteiger charge is -2.19. The average Bonchev–Trinajstić information content (AvgIpc) is 3.07. The zero-order valence-electron chi connectivity index (χ0n) is 30.3. The lowest BCUT2D eigenvalue weighted by molar-refractivity contribution is -0.123. The third kappa shape index (κ3) is 34.5. The summed E-state index contributed by atoms with van der Waals surface area (Å²) in [6.07, 6.45) is 56.3. The highest BCUT2D eigenvalue weighted by molar-refractivity contribution is 5.76. The van der Waals surface area contributed by atoms with Gasteiger partial charge in [0.1, 0.15) is 0 Å². The zero-order chi connectivity index (χ0) is 34.3. The Balaban J connectivity index is 3.72. The Morgan fingerprint density at radius 2 is 0.957 bits per heavy atom. The number of carbonyl (C=O) groups excluding carboxylic acids is 1. The third-order valence-electron chi connectivity index (χ3n) is 7.78. The zero-order valence-corrected chi connectivity index (χ0v) is 30.3. The molecular weight excluding hydrogens is 578 g/mol. The Labute approximate surface area is 290 Å². The quantitative estimate of drug-likeness (QED) is 0.0502. The molecule has 0 aromatic rings. The van der Waals surface area contributed by atoms with Gasteiger partial charge in [0.25, 0.3) is 0 Å². The van der Waals surface area contributed by atoms with Crippen LogP contribution in [-0.4, -0.2) is 34.9 Å². The van der Waals surface area contributed by atoms with Crippen molar-refractivity contribution < 1.29 is 15.0 Å². The van der Waals surface area contributed by atoms with Gasteiger partial charge in [-0.3, -0.25) is 4.79 Å². The Bertz CT molecular complexity index is 921. The van der Waals surface area contributed by atoms with Crippen LogP contribution in [0.4, 0.5) is 0 Å². The highest BCUT2D eigenvalue weighted by Gasteiger charge is 2.17. The highest BCUT2D eigenvalue weighted by atomic mass is 16.3. The number of amides is 1. The monoisotopic (exact) mass is 650 g/mol. The first-order chi connectivity index (χ1) is 23.2. The van der Waals surface area contributed by atoms with Crippen molar-refractivity contribution in [2.75, 3.05) is 6.61 Å². The minimum atomic E-state index is -0.879. The van der Waals surface area contributed by atoms with Gasteiger partial charge in [0.15, 0.2) is 0 Å². The Morgan fingerprint density at radius 3 is 1.49 bits per heavy atom. The van der Waals surface area contributed by atoms with Crippen LogP contribution in [0.3, 0.4) is 0 Å². The predicted octanol–water partition coefficient (Wildman–Crippen LogP) is 11.5. The van der Waals surface area contributed by atoms with Crippen molar-refractivity contribution in [1.82, 2.24) is 5.32 Å². The summed E-state index contributed by atoms with van der Waals surface area (Å²) in [7, 11) is 0. The van der Waals surface area contributed by atoms with E-state index >= 15 is 0 Å². The molecule has 3 N–H and O–H groups in total. The summed E-state index contributed by atoms with van der Waals surface area (Å²) in [5.74, 6) is -0.0970. The molecular formula is C43H71NO3. The topological polar surface area (TPSA) is 69.6 Å². The number of nitrogens with one attached hydrogen (secondary N) is 1. The van der Waals surface area contributed by atoms with E-state index in [9.17, 15) is 15.0 Å². The van der Waals surface area contributed by atoms with E-state index in [2.05, 4.69) is 104 Å². The van der Waals surface area contributed by atoms with Crippen LogP contribution in [0.5, 0.6) is 0 Å². The Hall–Kier alpha value is -2.69. The van der Waals surface area contributed by atoms with Gasteiger partial charge in [-0.1, -0.05) is 156 Å². The first kappa shape index (κ1) is 44.3. The molecule has 0 aliphatic heterocycles. The van der Waals surface area contributed by atoms with Crippen LogP contribution in [0.2, 0.25) is 0 Å². The van der Waals surface area contributed by atoms with Crippen molar-refractivity contribution in [2.24, 2.45) is 0 Å². The van der Waals surface area contributed by atoms with Gasteiger partial charge < -0.3 is 15.5 Å². The Kier molecular flexibility index (Phi) is 35.6. The van der Waals surface area contributed by atoms with Gasteiger partial charge in [-0.2, -0.15) is 0 Å². The third-order valence-corrected chi connectivity index (χ3v) is 7.78. The molecule has 0 saturated carbocycles. The van der Waals surface area contributed by atoms with Crippen LogP contribution in [0.15, 0.2) is 97.2 Å². The van der Waals surface area contributed by atoms with E-state index in [1.807, 2.05) is 6.08 Å². The van der Waals surface area contributed by atoms with Crippen LogP contribution in [0, 0.1) is 0 Å². The number of hydrogen-bond donors (Lipinski definition) is 3. The summed E-state index contributed by atoms with van der Waals surface area (Å²) in [5, 5.41) is 22.8. The molecule has 0 aliphatic carbocycles. The molecule has 0 aliphatic rings. The maximum atomic E-state index is 12.3. The van der Waals surface area contributed by atoms with Gasteiger partial charge in [-0.25, -0.2) is 0 Å². The highest BCUT2D eigenvalue weighted by Crippen LogP contribution is 2.11. The van der Waals surface area contributed by atoms with Crippen molar-refractivity contribution >= 4 is 5.91 Å². The molecule has 0 saturated heterocycles. The lowest BCUT2D eigenvalue weighted by Crippen LogP contribution is -2.45. The van der Waals surface area contributed by atoms with E-state index in [-0.39, 0.29) is 12.5 Å². The van der Waals surface area contributed by atoms with E-state index in [1.165, 1.54) is 44.9 Å². The molecule has 0 fully saturated rings. The SMILES string of the molecule is CC/C=C\C/C=C\C/C=C\C/C=C\C/C=C\CCCCCCCCCC(=O)NC(CO)C(O)/C=C/CC/C=C/CC/C=C/CCCC. The molecule has 4 heteroatoms. The molecule has 4 nitrogen and oxygen atoms in total. The van der Waals surface area contributed by atoms with E-state index in [0.29, 0.717) is 6.42 Å². The fourth-order valence-corrected chi connectivity index (χ4v) is 4.87. The summed E-state index contributed by atoms with van der Waals surface area (Å²) >= 11 is 0. The van der Waals surface area contributed by atoms with Crippen LogP contribution in [0.1, 0.15) is 149 Å². The fraction of sp³-hybridized carbons (Fsp3) is 0.605. The minimum Gasteiger partial charge on any atom is -0.394 e. The second-order valence-corrected chi connectivity index (χ2v) is 12.2. The van der Waals surface area contributed by atoms with Crippen molar-refractivity contribution in [2.45, 2.75) is 161 Å². The molecule has 2 atom stereocenters. The van der Waals surface area contributed by atoms with Crippen LogP contribution < -0.4 is 5.32 Å². The minimum absolute atomic E-state index is 0.0970. The molecule has 266 valence electrons. The summed E-state index contributed by atoms with van der Waals surface area (Å²) in [5.41, 5.74) is 0. The Morgan fingerprint density at radius 1 is 0.532 bits per heavy atom. The molecule has 47 heavy (non-hydrogen) atoms. The van der Waals surface area contributed by atoms with Crippen LogP contribution in [0.25, 0.3) is 0 Å². The standard InChI is InChI=1S/C43H71NO3/c1-3-5-7-9-11-13-15-17-18-19-20-21-22-23-24-25-26-27-29-31-33-35-37-39-43(47)44-41(40-45)42(46)38-36-34-32-30-28-16-14-12-10-8-6-4-2/h5,7,10-13,17-18,20-21,23-24,28,30,36,38,41-42,45-46H,3-4,6,8-9,14-16,19,22,25-27,29,31-35,37,39-40H2,1-2H3,(H,44,47)/b7-5-,12-10+,13-11-,18-17-,21-20-,24-23-,30-28+,38-36+. The van der Waals surface area contributed by atoms with E-state index < -0.39 is 12.1 Å². The second kappa shape index (κ2) is 37.8. The van der Waals surface area contributed by atoms with E-state index in [0.717, 1.165) is 83.5 Å². The van der Waals surface area contributed by atoms with Gasteiger partial charge in [0.2, 0.25) is 5.91 Å². The number of unbranched alkanes of at least 4 members (excludes halogenated alkanes) is 11. The predicted molar refractivity (Wildman–Crippen MR) is 206 cm³/mol. The summed E-state index contributed by atoms with van der Waals surface area (Å²) in [6.45, 7) is 4.10. The largest absolute Gasteiger partial charge is 0.394 e. The molecule has 0 bridgehead atoms. The van der Waals surface area contributed by atoms with Crippen LogP contribution >= 0.6 is 0 Å². The molecule has 0 rings (SSSR count). The normalized spacial score (nSPS) is 14.2. The number of allylic oxidation sites excluding steroid dienone is 15. The van der Waals surface area contributed by atoms with E-state index in [1.54, 1.807) is 6.08 Å². The molecule has 0 aromatic heterocycles. The van der Waals surface area contributed by atoms with Gasteiger partial charge in [-0.15, -0.1) is 0 Å². The van der Waals surface area contributed by atoms with Gasteiger partial charge in [-0.05, 0) is 83.5 Å². The first-order valence-electron chi connectivity index (χ1n) is 19.0. The smallest absolute Gasteiger partial charge is 0.220 e. The lowest BCUT2D eigenvalue weighted by atomic mass is 10.1. The van der Waals surface area contributed by atoms with Gasteiger partial charge in [0, 0.05) is 6.42 Å². The average molecular weight is 650 g/mol. The first-order valence-corrected chi connectivity index (χ1v) is 19.0. The maximum absolute atomic E-state index is 12.3. The molecule has 1 amide bonds. The number of aliphatic hydroxyl groups is 2. The number of carbonyl (C=O) groups is 1. The van der Waals surface area contributed by atoms with Crippen molar-refractivity contribution in [3.05, 3.63) is 97.2 Å². The fourth-order valence-electron chi connectivity index (χ4n) is 4.87. The molecule has 0 spiro atoms. The second-order valence-electron chi connectivity index (χ2n) is 12.2. The van der Waals surface area contributed by atoms with Gasteiger partial charge >= 0.3 is 0 Å². The van der Waals surface area contributed by atoms with Gasteiger partial charge in [0.05, 0.1) is 18.8 Å². The summed E-state index contributed by atoms with van der Waals surface area (Å²) in [4.78, 5) is 12.3. The molecule has 0 radical (unpaired) electrons. The van der Waals surface area contributed by atoms with Crippen molar-refractivity contribution in [3.63, 3.8) is 0 Å². The number of aliphatic hydroxyl groups excluding tert-OH is 2. The molecule has 2 unspecified atom stereocenters. The van der Waals surface area contributed by atoms with Crippen molar-refractivity contribution in [3.8, 4) is 0 Å². The summed E-state index contributed by atoms with van der Waals surface area (Å²) in [6, 6.07) is -0.656. The van der Waals surface area contributed by atoms with Crippen LogP contribution in [-0.2, 0) is 4.79 Å². The molecule has 0 aromatic carbocycles. The van der Waals surface area contributed by atoms with E-state index in [4.69, 9.17) is 0 Å². The number of rotatable bonds is 32. The summed E-state index contributed by atoms with van der Waals surface area (Å²) < 4.78 is 0.